The fourth-order valence-electron chi connectivity index (χ4n) is 3.16. The van der Waals surface area contributed by atoms with Gasteiger partial charge in [-0.25, -0.2) is 13.1 Å². The Morgan fingerprint density at radius 1 is 1.23 bits per heavy atom. The smallest absolute Gasteiger partial charge is 0.213 e. The molecule has 0 amide bonds. The maximum atomic E-state index is 12.3. The molecule has 3 N–H and O–H groups in total. The predicted octanol–water partition coefficient (Wildman–Crippen LogP) is 2.26. The number of halogens is 1. The van der Waals surface area contributed by atoms with Crippen LogP contribution in [0.5, 0.6) is 0 Å². The van der Waals surface area contributed by atoms with E-state index in [-0.39, 0.29) is 48.9 Å². The summed E-state index contributed by atoms with van der Waals surface area (Å²) in [6, 6.07) is 9.58. The number of guanidine groups is 1. The Morgan fingerprint density at radius 2 is 1.90 bits per heavy atom. The van der Waals surface area contributed by atoms with Crippen molar-refractivity contribution in [3.63, 3.8) is 0 Å². The van der Waals surface area contributed by atoms with Gasteiger partial charge >= 0.3 is 0 Å². The zero-order chi connectivity index (χ0) is 22.1. The fraction of sp³-hybridized carbons (Fsp3) is 0.524. The second-order valence-corrected chi connectivity index (χ2v) is 9.34. The molecule has 2 aromatic rings. The zero-order valence-corrected chi connectivity index (χ0v) is 22.1. The van der Waals surface area contributed by atoms with Gasteiger partial charge in [0, 0.05) is 31.9 Å². The van der Waals surface area contributed by atoms with Crippen LogP contribution >= 0.6 is 24.0 Å². The molecule has 174 valence electrons. The highest BCUT2D eigenvalue weighted by Crippen LogP contribution is 2.14. The van der Waals surface area contributed by atoms with E-state index in [4.69, 9.17) is 0 Å². The number of benzene rings is 1. The zero-order valence-electron chi connectivity index (χ0n) is 19.0. The number of sulfonamides is 1. The second-order valence-electron chi connectivity index (χ2n) is 7.41. The molecule has 0 bridgehead atoms. The lowest BCUT2D eigenvalue weighted by Crippen LogP contribution is -2.43. The number of hydrogen-bond donors (Lipinski definition) is 3. The Kier molecular flexibility index (Phi) is 11.5. The molecule has 2 rings (SSSR count). The number of aryl methyl sites for hydroxylation is 2. The van der Waals surface area contributed by atoms with Crippen LogP contribution in [0.25, 0.3) is 0 Å². The van der Waals surface area contributed by atoms with Crippen LogP contribution < -0.4 is 15.4 Å². The van der Waals surface area contributed by atoms with E-state index in [1.54, 1.807) is 0 Å². The summed E-state index contributed by atoms with van der Waals surface area (Å²) in [6.07, 6.45) is 0.812. The average molecular weight is 563 g/mol. The van der Waals surface area contributed by atoms with Crippen molar-refractivity contribution in [2.24, 2.45) is 12.0 Å². The van der Waals surface area contributed by atoms with Crippen molar-refractivity contribution in [2.45, 2.75) is 46.7 Å². The molecule has 1 aromatic carbocycles. The van der Waals surface area contributed by atoms with E-state index in [0.717, 1.165) is 23.4 Å². The van der Waals surface area contributed by atoms with Crippen LogP contribution in [0.15, 0.2) is 35.3 Å². The minimum atomic E-state index is -3.40. The van der Waals surface area contributed by atoms with Gasteiger partial charge in [0.05, 0.1) is 18.0 Å². The number of aromatic nitrogens is 2. The van der Waals surface area contributed by atoms with E-state index in [9.17, 15) is 8.42 Å². The van der Waals surface area contributed by atoms with Crippen molar-refractivity contribution in [1.82, 2.24) is 25.1 Å². The highest BCUT2D eigenvalue weighted by Gasteiger charge is 2.14. The molecule has 1 unspecified atom stereocenters. The van der Waals surface area contributed by atoms with Gasteiger partial charge in [-0.05, 0) is 45.2 Å². The molecule has 0 aliphatic carbocycles. The highest BCUT2D eigenvalue weighted by atomic mass is 127. The minimum absolute atomic E-state index is 0. The molecule has 1 aromatic heterocycles. The maximum absolute atomic E-state index is 12.3. The lowest BCUT2D eigenvalue weighted by molar-refractivity contribution is 0.581. The lowest BCUT2D eigenvalue weighted by Gasteiger charge is -2.18. The second kappa shape index (κ2) is 13.0. The average Bonchev–Trinajstić information content (AvgIpc) is 2.93. The van der Waals surface area contributed by atoms with Crippen molar-refractivity contribution in [1.29, 1.82) is 0 Å². The first-order valence-corrected chi connectivity index (χ1v) is 11.9. The summed E-state index contributed by atoms with van der Waals surface area (Å²) >= 11 is 0. The minimum Gasteiger partial charge on any atom is -0.357 e. The van der Waals surface area contributed by atoms with Crippen molar-refractivity contribution >= 4 is 40.0 Å². The predicted molar refractivity (Wildman–Crippen MR) is 137 cm³/mol. The van der Waals surface area contributed by atoms with Crippen molar-refractivity contribution in [2.75, 3.05) is 18.8 Å². The van der Waals surface area contributed by atoms with E-state index in [2.05, 4.69) is 39.3 Å². The van der Waals surface area contributed by atoms with Crippen LogP contribution in [0.4, 0.5) is 0 Å². The summed E-state index contributed by atoms with van der Waals surface area (Å²) in [6.45, 7) is 9.30. The summed E-state index contributed by atoms with van der Waals surface area (Å²) < 4.78 is 29.0. The molecule has 0 aliphatic rings. The normalized spacial score (nSPS) is 12.9. The molecule has 0 saturated carbocycles. The first kappa shape index (κ1) is 27.4. The fourth-order valence-corrected chi connectivity index (χ4v) is 4.03. The number of aliphatic imine (C=N–C) groups is 1. The number of hydrogen-bond acceptors (Lipinski definition) is 4. The molecule has 0 spiro atoms. The highest BCUT2D eigenvalue weighted by molar-refractivity contribution is 14.0. The van der Waals surface area contributed by atoms with E-state index >= 15 is 0 Å². The molecule has 0 fully saturated rings. The first-order chi connectivity index (χ1) is 14.2. The topological polar surface area (TPSA) is 100 Å². The van der Waals surface area contributed by atoms with E-state index in [1.807, 2.05) is 55.9 Å². The molecule has 31 heavy (non-hydrogen) atoms. The Morgan fingerprint density at radius 3 is 2.48 bits per heavy atom. The largest absolute Gasteiger partial charge is 0.357 e. The standard InChI is InChI=1S/C21H34N6O2S.HI/c1-6-22-21(25-16(2)14-20-17(3)26-27(5)18(20)4)23-12-13-30(28,29)24-15-19-10-8-7-9-11-19;/h7-11,16,24H,6,12-15H2,1-5H3,(H2,22,23,25);1H. The molecule has 1 atom stereocenters. The molecular formula is C21H35IN6O2S. The Labute approximate surface area is 203 Å². The van der Waals surface area contributed by atoms with Crippen LogP contribution in [0, 0.1) is 13.8 Å². The summed E-state index contributed by atoms with van der Waals surface area (Å²) in [4.78, 5) is 4.44. The van der Waals surface area contributed by atoms with Crippen molar-refractivity contribution < 1.29 is 8.42 Å². The van der Waals surface area contributed by atoms with E-state index in [0.29, 0.717) is 12.5 Å². The summed E-state index contributed by atoms with van der Waals surface area (Å²) in [5.74, 6) is 0.550. The van der Waals surface area contributed by atoms with Gasteiger partial charge in [-0.15, -0.1) is 24.0 Å². The maximum Gasteiger partial charge on any atom is 0.213 e. The molecule has 1 heterocycles. The van der Waals surface area contributed by atoms with E-state index < -0.39 is 10.0 Å². The van der Waals surface area contributed by atoms with Crippen molar-refractivity contribution in [3.05, 3.63) is 52.8 Å². The van der Waals surface area contributed by atoms with Gasteiger partial charge in [0.2, 0.25) is 10.0 Å². The van der Waals surface area contributed by atoms with Gasteiger partial charge in [0.15, 0.2) is 5.96 Å². The van der Waals surface area contributed by atoms with E-state index in [1.165, 1.54) is 5.56 Å². The molecule has 8 nitrogen and oxygen atoms in total. The number of rotatable bonds is 10. The third-order valence-electron chi connectivity index (χ3n) is 4.87. The third-order valence-corrected chi connectivity index (χ3v) is 6.17. The quantitative estimate of drug-likeness (QED) is 0.235. The Bertz CT molecular complexity index is 944. The SMILES string of the molecule is CCNC(=NCCS(=O)(=O)NCc1ccccc1)NC(C)Cc1c(C)nn(C)c1C.I. The lowest BCUT2D eigenvalue weighted by atomic mass is 10.1. The van der Waals surface area contributed by atoms with Gasteiger partial charge in [-0.3, -0.25) is 9.67 Å². The number of nitrogens with one attached hydrogen (secondary N) is 3. The monoisotopic (exact) mass is 562 g/mol. The Balaban J connectivity index is 0.00000480. The summed E-state index contributed by atoms with van der Waals surface area (Å²) in [5, 5.41) is 11.0. The molecule has 0 aliphatic heterocycles. The van der Waals surface area contributed by atoms with Crippen LogP contribution in [0.2, 0.25) is 0 Å². The molecule has 10 heteroatoms. The van der Waals surface area contributed by atoms with Gasteiger partial charge < -0.3 is 10.6 Å². The number of nitrogens with zero attached hydrogens (tertiary/aromatic N) is 3. The van der Waals surface area contributed by atoms with Gasteiger partial charge in [0.1, 0.15) is 0 Å². The van der Waals surface area contributed by atoms with Gasteiger partial charge in [0.25, 0.3) is 0 Å². The van der Waals surface area contributed by atoms with Crippen molar-refractivity contribution in [3.8, 4) is 0 Å². The summed E-state index contributed by atoms with van der Waals surface area (Å²) in [5.41, 5.74) is 4.33. The molecule has 0 saturated heterocycles. The van der Waals surface area contributed by atoms with Gasteiger partial charge in [-0.2, -0.15) is 5.10 Å². The first-order valence-electron chi connectivity index (χ1n) is 10.3. The summed E-state index contributed by atoms with van der Waals surface area (Å²) in [7, 11) is -1.45. The Hall–Kier alpha value is -1.66. The molecular weight excluding hydrogens is 527 g/mol. The van der Waals surface area contributed by atoms with Crippen LogP contribution in [-0.4, -0.2) is 49.0 Å². The third kappa shape index (κ3) is 9.16. The molecule has 0 radical (unpaired) electrons. The van der Waals surface area contributed by atoms with Crippen LogP contribution in [0.1, 0.15) is 36.4 Å². The van der Waals surface area contributed by atoms with Crippen LogP contribution in [-0.2, 0) is 30.0 Å². The van der Waals surface area contributed by atoms with Gasteiger partial charge in [-0.1, -0.05) is 30.3 Å². The van der Waals surface area contributed by atoms with Crippen LogP contribution in [0.3, 0.4) is 0 Å².